The highest BCUT2D eigenvalue weighted by Crippen LogP contribution is 2.34. The fourth-order valence-corrected chi connectivity index (χ4v) is 4.45. The molecule has 0 bridgehead atoms. The molecule has 0 aliphatic carbocycles. The van der Waals surface area contributed by atoms with Gasteiger partial charge in [-0.15, -0.1) is 0 Å². The minimum absolute atomic E-state index is 0.0121. The molecule has 0 aliphatic rings. The summed E-state index contributed by atoms with van der Waals surface area (Å²) in [5.41, 5.74) is 6.37. The predicted molar refractivity (Wildman–Crippen MR) is 161 cm³/mol. The molecular formula is C32H39BN2O5. The number of likely N-dealkylation sites (N-methyl/N-ethyl adjacent to an activating group) is 2. The van der Waals surface area contributed by atoms with Crippen LogP contribution in [0, 0.1) is 0 Å². The maximum atomic E-state index is 12.2. The largest absolute Gasteiger partial charge is 0.516 e. The van der Waals surface area contributed by atoms with Crippen molar-refractivity contribution < 1.29 is 23.7 Å². The minimum atomic E-state index is -0.721. The molecule has 0 spiro atoms. The Morgan fingerprint density at radius 2 is 1.45 bits per heavy atom. The fourth-order valence-electron chi connectivity index (χ4n) is 4.45. The smallest absolute Gasteiger partial charge is 0.487 e. The molecule has 40 heavy (non-hydrogen) atoms. The number of methoxy groups -OCH3 is 1. The van der Waals surface area contributed by atoms with E-state index in [-0.39, 0.29) is 18.9 Å². The van der Waals surface area contributed by atoms with E-state index in [4.69, 9.17) is 14.1 Å². The van der Waals surface area contributed by atoms with Crippen LogP contribution in [0.4, 0.5) is 0 Å². The van der Waals surface area contributed by atoms with E-state index >= 15 is 0 Å². The molecule has 0 unspecified atom stereocenters. The molecule has 0 fully saturated rings. The van der Waals surface area contributed by atoms with E-state index in [9.17, 15) is 9.59 Å². The molecule has 0 radical (unpaired) electrons. The molecule has 1 N–H and O–H groups in total. The molecule has 7 nitrogen and oxygen atoms in total. The van der Waals surface area contributed by atoms with Crippen molar-refractivity contribution in [2.45, 2.75) is 26.7 Å². The second-order valence-electron chi connectivity index (χ2n) is 9.36. The van der Waals surface area contributed by atoms with Crippen molar-refractivity contribution >= 4 is 35.6 Å². The Labute approximate surface area is 238 Å². The third kappa shape index (κ3) is 8.31. The molecule has 0 heterocycles. The van der Waals surface area contributed by atoms with Crippen LogP contribution in [0.1, 0.15) is 43.4 Å². The van der Waals surface area contributed by atoms with Crippen molar-refractivity contribution in [1.29, 1.82) is 0 Å². The maximum Gasteiger partial charge on any atom is 0.487 e. The van der Waals surface area contributed by atoms with Crippen molar-refractivity contribution in [3.63, 3.8) is 0 Å². The van der Waals surface area contributed by atoms with E-state index in [1.54, 1.807) is 18.8 Å². The van der Waals surface area contributed by atoms with Crippen molar-refractivity contribution in [2.24, 2.45) is 0 Å². The molecule has 210 valence electrons. The number of allylic oxidation sites excluding steroid dienone is 1. The van der Waals surface area contributed by atoms with Gasteiger partial charge in [-0.05, 0) is 65.9 Å². The first-order valence-electron chi connectivity index (χ1n) is 13.6. The number of carbonyl (C=O) groups excluding carboxylic acids is 2. The Balaban J connectivity index is 2.05. The number of hydrogen-bond acceptors (Lipinski definition) is 7. The SMILES string of the molecule is CCC(=O)OB(c1ccc(C(=C(CC)c2ccccc2)c2ccc(OCCNC)cc2)cc1)N(C)CC(=O)OC. The summed E-state index contributed by atoms with van der Waals surface area (Å²) in [6, 6.07) is 26.5. The molecule has 0 saturated heterocycles. The second-order valence-corrected chi connectivity index (χ2v) is 9.36. The lowest BCUT2D eigenvalue weighted by molar-refractivity contribution is -0.141. The van der Waals surface area contributed by atoms with Gasteiger partial charge in [0.1, 0.15) is 12.4 Å². The molecule has 3 aromatic carbocycles. The fraction of sp³-hybridized carbons (Fsp3) is 0.312. The monoisotopic (exact) mass is 542 g/mol. The summed E-state index contributed by atoms with van der Waals surface area (Å²) in [4.78, 5) is 25.8. The van der Waals surface area contributed by atoms with Gasteiger partial charge in [0.15, 0.2) is 0 Å². The Kier molecular flexibility index (Phi) is 12.0. The van der Waals surface area contributed by atoms with Crippen LogP contribution in [0.15, 0.2) is 78.9 Å². The first kappa shape index (κ1) is 30.7. The van der Waals surface area contributed by atoms with Gasteiger partial charge in [-0.25, -0.2) is 0 Å². The lowest BCUT2D eigenvalue weighted by atomic mass is 9.70. The van der Waals surface area contributed by atoms with E-state index in [2.05, 4.69) is 36.5 Å². The Morgan fingerprint density at radius 1 is 0.825 bits per heavy atom. The zero-order chi connectivity index (χ0) is 28.9. The number of esters is 1. The quantitative estimate of drug-likeness (QED) is 0.140. The van der Waals surface area contributed by atoms with Gasteiger partial charge in [0.25, 0.3) is 5.97 Å². The Hall–Kier alpha value is -3.88. The number of ether oxygens (including phenoxy) is 2. The summed E-state index contributed by atoms with van der Waals surface area (Å²) in [5.74, 6) is 0.0668. The maximum absolute atomic E-state index is 12.2. The number of carbonyl (C=O) groups is 2. The molecule has 3 aromatic rings. The molecular weight excluding hydrogens is 503 g/mol. The summed E-state index contributed by atoms with van der Waals surface area (Å²) in [5, 5.41) is 3.09. The lowest BCUT2D eigenvalue weighted by Crippen LogP contribution is -2.51. The van der Waals surface area contributed by atoms with E-state index < -0.39 is 13.0 Å². The molecule has 0 amide bonds. The average molecular weight is 542 g/mol. The van der Waals surface area contributed by atoms with Crippen LogP contribution in [0.25, 0.3) is 11.1 Å². The normalized spacial score (nSPS) is 11.6. The third-order valence-corrected chi connectivity index (χ3v) is 6.56. The van der Waals surface area contributed by atoms with Crippen LogP contribution in [-0.2, 0) is 19.0 Å². The van der Waals surface area contributed by atoms with Gasteiger partial charge in [-0.3, -0.25) is 14.4 Å². The third-order valence-electron chi connectivity index (χ3n) is 6.56. The Morgan fingerprint density at radius 3 is 2.00 bits per heavy atom. The van der Waals surface area contributed by atoms with Crippen LogP contribution in [0.5, 0.6) is 5.75 Å². The zero-order valence-corrected chi connectivity index (χ0v) is 24.1. The van der Waals surface area contributed by atoms with E-state index in [1.807, 2.05) is 61.6 Å². The first-order valence-corrected chi connectivity index (χ1v) is 13.6. The number of hydrogen-bond donors (Lipinski definition) is 1. The molecule has 8 heteroatoms. The molecule has 0 aliphatic heterocycles. The van der Waals surface area contributed by atoms with Gasteiger partial charge in [0.2, 0.25) is 0 Å². The first-order chi connectivity index (χ1) is 19.4. The summed E-state index contributed by atoms with van der Waals surface area (Å²) >= 11 is 0. The van der Waals surface area contributed by atoms with E-state index in [0.717, 1.165) is 46.4 Å². The van der Waals surface area contributed by atoms with Crippen LogP contribution < -0.4 is 15.5 Å². The summed E-state index contributed by atoms with van der Waals surface area (Å²) in [7, 11) is 4.25. The number of nitrogens with zero attached hydrogens (tertiary/aromatic N) is 1. The Bertz CT molecular complexity index is 1260. The minimum Gasteiger partial charge on any atom is -0.516 e. The van der Waals surface area contributed by atoms with Crippen molar-refractivity contribution in [2.75, 3.05) is 40.9 Å². The van der Waals surface area contributed by atoms with Gasteiger partial charge in [0, 0.05) is 13.0 Å². The zero-order valence-electron chi connectivity index (χ0n) is 24.1. The molecule has 0 aromatic heterocycles. The molecule has 0 atom stereocenters. The number of nitrogens with one attached hydrogen (secondary N) is 1. The van der Waals surface area contributed by atoms with Gasteiger partial charge in [-0.1, -0.05) is 80.6 Å². The van der Waals surface area contributed by atoms with Crippen LogP contribution in [0.2, 0.25) is 0 Å². The number of rotatable bonds is 14. The van der Waals surface area contributed by atoms with Crippen molar-refractivity contribution in [1.82, 2.24) is 10.1 Å². The predicted octanol–water partition coefficient (Wildman–Crippen LogP) is 4.41. The lowest BCUT2D eigenvalue weighted by Gasteiger charge is -2.24. The van der Waals surface area contributed by atoms with Gasteiger partial charge in [0.05, 0.1) is 13.7 Å². The summed E-state index contributed by atoms with van der Waals surface area (Å²) < 4.78 is 16.4. The highest BCUT2D eigenvalue weighted by atomic mass is 16.5. The summed E-state index contributed by atoms with van der Waals surface area (Å²) in [6.07, 6.45) is 1.07. The second kappa shape index (κ2) is 15.6. The molecule has 3 rings (SSSR count). The van der Waals surface area contributed by atoms with E-state index in [1.165, 1.54) is 12.7 Å². The van der Waals surface area contributed by atoms with Gasteiger partial charge < -0.3 is 19.4 Å². The average Bonchev–Trinajstić information content (AvgIpc) is 2.99. The standard InChI is InChI=1S/C32H39BN2O5/c1-6-29(24-11-9-8-10-12-24)32(26-15-19-28(20-16-26)39-22-21-34-3)25-13-17-27(18-14-25)33(40-30(36)7-2)35(4)23-31(37)38-5/h8-20,34H,6-7,21-23H2,1-5H3. The summed E-state index contributed by atoms with van der Waals surface area (Å²) in [6.45, 7) is 5.26. The number of benzene rings is 3. The topological polar surface area (TPSA) is 77.1 Å². The van der Waals surface area contributed by atoms with Crippen molar-refractivity contribution in [3.8, 4) is 5.75 Å². The van der Waals surface area contributed by atoms with Crippen LogP contribution in [0.3, 0.4) is 0 Å². The molecule has 0 saturated carbocycles. The van der Waals surface area contributed by atoms with E-state index in [0.29, 0.717) is 6.61 Å². The van der Waals surface area contributed by atoms with Gasteiger partial charge >= 0.3 is 13.0 Å². The van der Waals surface area contributed by atoms with Crippen molar-refractivity contribution in [3.05, 3.63) is 95.6 Å². The van der Waals surface area contributed by atoms with Crippen LogP contribution >= 0.6 is 0 Å². The highest BCUT2D eigenvalue weighted by Gasteiger charge is 2.30. The van der Waals surface area contributed by atoms with Crippen LogP contribution in [-0.4, -0.2) is 64.7 Å². The van der Waals surface area contributed by atoms with Gasteiger partial charge in [-0.2, -0.15) is 0 Å². The highest BCUT2D eigenvalue weighted by molar-refractivity contribution is 6.66.